The number of hydrogen-bond donors (Lipinski definition) is 0. The van der Waals surface area contributed by atoms with Crippen molar-refractivity contribution in [2.45, 2.75) is 52.0 Å². The average molecular weight is 330 g/mol. The highest BCUT2D eigenvalue weighted by Gasteiger charge is 2.26. The van der Waals surface area contributed by atoms with Crippen molar-refractivity contribution in [2.75, 3.05) is 20.1 Å². The van der Waals surface area contributed by atoms with Gasteiger partial charge in [0.2, 0.25) is 5.95 Å². The molecule has 0 aliphatic carbocycles. The molecule has 0 radical (unpaired) electrons. The summed E-state index contributed by atoms with van der Waals surface area (Å²) < 4.78 is 16.7. The normalized spacial score (nSPS) is 16.9. The zero-order valence-electron chi connectivity index (χ0n) is 15.1. The number of hydrogen-bond acceptors (Lipinski definition) is 3. The van der Waals surface area contributed by atoms with Crippen molar-refractivity contribution in [3.8, 4) is 11.3 Å². The molecule has 0 saturated carbocycles. The number of piperidine rings is 1. The largest absolute Gasteiger partial charge is 0.306 e. The van der Waals surface area contributed by atoms with Gasteiger partial charge in [-0.2, -0.15) is 9.49 Å². The van der Waals surface area contributed by atoms with Gasteiger partial charge in [0.05, 0.1) is 23.5 Å². The van der Waals surface area contributed by atoms with E-state index in [0.717, 1.165) is 49.3 Å². The Morgan fingerprint density at radius 1 is 1.25 bits per heavy atom. The van der Waals surface area contributed by atoms with Crippen molar-refractivity contribution in [3.63, 3.8) is 0 Å². The van der Waals surface area contributed by atoms with Gasteiger partial charge in [0.15, 0.2) is 0 Å². The molecule has 0 unspecified atom stereocenters. The van der Waals surface area contributed by atoms with Gasteiger partial charge in [-0.25, -0.2) is 4.98 Å². The molecule has 1 fully saturated rings. The van der Waals surface area contributed by atoms with Gasteiger partial charge in [0, 0.05) is 11.3 Å². The van der Waals surface area contributed by atoms with Crippen LogP contribution in [-0.4, -0.2) is 39.8 Å². The van der Waals surface area contributed by atoms with Gasteiger partial charge in [-0.1, -0.05) is 20.8 Å². The highest BCUT2D eigenvalue weighted by Crippen LogP contribution is 2.35. The maximum Gasteiger partial charge on any atom is 0.222 e. The Kier molecular flexibility index (Phi) is 4.99. The van der Waals surface area contributed by atoms with E-state index in [1.165, 1.54) is 0 Å². The van der Waals surface area contributed by atoms with Crippen LogP contribution >= 0.6 is 0 Å². The van der Waals surface area contributed by atoms with Crippen LogP contribution in [0.5, 0.6) is 0 Å². The second-order valence-electron chi connectivity index (χ2n) is 7.08. The molecule has 2 aromatic rings. The summed E-state index contributed by atoms with van der Waals surface area (Å²) in [5, 5.41) is 4.65. The molecule has 0 atom stereocenters. The fourth-order valence-corrected chi connectivity index (χ4v) is 3.44. The van der Waals surface area contributed by atoms with Gasteiger partial charge >= 0.3 is 0 Å². The first-order chi connectivity index (χ1) is 11.5. The third kappa shape index (κ3) is 3.22. The Morgan fingerprint density at radius 3 is 2.54 bits per heavy atom. The Labute approximate surface area is 143 Å². The molecule has 0 spiro atoms. The summed E-state index contributed by atoms with van der Waals surface area (Å²) in [5.74, 6) is -0.0869. The van der Waals surface area contributed by atoms with E-state index in [1.807, 2.05) is 29.9 Å². The topological polar surface area (TPSA) is 34.0 Å². The van der Waals surface area contributed by atoms with Crippen LogP contribution in [0.4, 0.5) is 4.39 Å². The average Bonchev–Trinajstić information content (AvgIpc) is 3.00. The summed E-state index contributed by atoms with van der Waals surface area (Å²) in [4.78, 5) is 6.46. The minimum absolute atomic E-state index is 0.297. The highest BCUT2D eigenvalue weighted by molar-refractivity contribution is 5.64. The van der Waals surface area contributed by atoms with Gasteiger partial charge in [0.25, 0.3) is 0 Å². The van der Waals surface area contributed by atoms with Crippen LogP contribution in [-0.2, 0) is 6.42 Å². The third-order valence-corrected chi connectivity index (χ3v) is 5.00. The lowest BCUT2D eigenvalue weighted by atomic mass is 9.98. The maximum absolute atomic E-state index is 14.7. The van der Waals surface area contributed by atoms with Crippen LogP contribution < -0.4 is 0 Å². The second kappa shape index (κ2) is 7.01. The van der Waals surface area contributed by atoms with E-state index in [-0.39, 0.29) is 5.95 Å². The van der Waals surface area contributed by atoms with E-state index in [1.54, 1.807) is 0 Å². The molecule has 4 nitrogen and oxygen atoms in total. The number of aryl methyl sites for hydroxylation is 1. The van der Waals surface area contributed by atoms with Crippen LogP contribution in [0.2, 0.25) is 0 Å². The van der Waals surface area contributed by atoms with Crippen molar-refractivity contribution in [1.82, 2.24) is 19.7 Å². The van der Waals surface area contributed by atoms with E-state index in [9.17, 15) is 4.39 Å². The molecule has 3 heterocycles. The first-order valence-corrected chi connectivity index (χ1v) is 8.93. The summed E-state index contributed by atoms with van der Waals surface area (Å²) >= 11 is 0. The first kappa shape index (κ1) is 17.1. The van der Waals surface area contributed by atoms with Gasteiger partial charge < -0.3 is 4.90 Å². The lowest BCUT2D eigenvalue weighted by Crippen LogP contribution is -2.32. The molecule has 0 aromatic carbocycles. The second-order valence-corrected chi connectivity index (χ2v) is 7.08. The highest BCUT2D eigenvalue weighted by atomic mass is 19.1. The number of pyridine rings is 1. The summed E-state index contributed by atoms with van der Waals surface area (Å²) in [6, 6.07) is 4.12. The van der Waals surface area contributed by atoms with Crippen molar-refractivity contribution in [1.29, 1.82) is 0 Å². The lowest BCUT2D eigenvalue weighted by Gasteiger charge is -2.30. The maximum atomic E-state index is 14.7. The summed E-state index contributed by atoms with van der Waals surface area (Å²) in [5.41, 5.74) is 3.37. The monoisotopic (exact) mass is 330 g/mol. The quantitative estimate of drug-likeness (QED) is 0.794. The third-order valence-electron chi connectivity index (χ3n) is 5.00. The lowest BCUT2D eigenvalue weighted by molar-refractivity contribution is 0.213. The molecule has 5 heteroatoms. The first-order valence-electron chi connectivity index (χ1n) is 8.93. The van der Waals surface area contributed by atoms with E-state index < -0.39 is 0 Å². The van der Waals surface area contributed by atoms with E-state index in [0.29, 0.717) is 17.5 Å². The summed E-state index contributed by atoms with van der Waals surface area (Å²) in [6.07, 6.45) is 4.74. The Balaban J connectivity index is 2.06. The molecule has 0 amide bonds. The van der Waals surface area contributed by atoms with Crippen molar-refractivity contribution in [2.24, 2.45) is 0 Å². The number of aromatic nitrogens is 3. The van der Waals surface area contributed by atoms with Gasteiger partial charge in [-0.15, -0.1) is 0 Å². The molecule has 130 valence electrons. The van der Waals surface area contributed by atoms with Gasteiger partial charge in [-0.05, 0) is 57.5 Å². The van der Waals surface area contributed by atoms with Crippen LogP contribution in [0.1, 0.15) is 56.8 Å². The van der Waals surface area contributed by atoms with Crippen molar-refractivity contribution in [3.05, 3.63) is 35.5 Å². The molecule has 0 N–H and O–H groups in total. The van der Waals surface area contributed by atoms with Gasteiger partial charge in [0.1, 0.15) is 0 Å². The molecule has 1 aliphatic heterocycles. The number of rotatable bonds is 4. The predicted octanol–water partition coefficient (Wildman–Crippen LogP) is 4.04. The minimum Gasteiger partial charge on any atom is -0.306 e. The standard InChI is InChI=1S/C19H27FN4/c1-5-14-6-7-16(19(20)22-14)18-17(13(2)3)12-21-24(18)15-8-10-23(4)11-9-15/h6-7,12-13,15H,5,8-11H2,1-4H3. The molecule has 1 saturated heterocycles. The van der Waals surface area contributed by atoms with E-state index >= 15 is 0 Å². The SMILES string of the molecule is CCc1ccc(-c2c(C(C)C)cnn2C2CCN(C)CC2)c(F)n1. The zero-order chi connectivity index (χ0) is 17.3. The van der Waals surface area contributed by atoms with Crippen LogP contribution in [0.3, 0.4) is 0 Å². The minimum atomic E-state index is -0.383. The van der Waals surface area contributed by atoms with Crippen LogP contribution in [0, 0.1) is 5.95 Å². The van der Waals surface area contributed by atoms with E-state index in [4.69, 9.17) is 0 Å². The molecular weight excluding hydrogens is 303 g/mol. The Morgan fingerprint density at radius 2 is 1.96 bits per heavy atom. The predicted molar refractivity (Wildman–Crippen MR) is 94.7 cm³/mol. The van der Waals surface area contributed by atoms with Crippen LogP contribution in [0.25, 0.3) is 11.3 Å². The molecule has 3 rings (SSSR count). The number of halogens is 1. The summed E-state index contributed by atoms with van der Waals surface area (Å²) in [7, 11) is 2.15. The Hall–Kier alpha value is -1.75. The van der Waals surface area contributed by atoms with Gasteiger partial charge in [-0.3, -0.25) is 4.68 Å². The van der Waals surface area contributed by atoms with Crippen molar-refractivity contribution < 1.29 is 4.39 Å². The smallest absolute Gasteiger partial charge is 0.222 e. The number of nitrogens with zero attached hydrogens (tertiary/aromatic N) is 4. The number of likely N-dealkylation sites (tertiary alicyclic amines) is 1. The van der Waals surface area contributed by atoms with Crippen molar-refractivity contribution >= 4 is 0 Å². The Bertz CT molecular complexity index is 699. The molecule has 1 aliphatic rings. The molecule has 24 heavy (non-hydrogen) atoms. The molecular formula is C19H27FN4. The fraction of sp³-hybridized carbons (Fsp3) is 0.579. The summed E-state index contributed by atoms with van der Waals surface area (Å²) in [6.45, 7) is 8.35. The fourth-order valence-electron chi connectivity index (χ4n) is 3.44. The van der Waals surface area contributed by atoms with Crippen LogP contribution in [0.15, 0.2) is 18.3 Å². The zero-order valence-corrected chi connectivity index (χ0v) is 15.1. The molecule has 0 bridgehead atoms. The molecule has 2 aromatic heterocycles. The van der Waals surface area contributed by atoms with E-state index in [2.05, 4.69) is 35.9 Å².